The quantitative estimate of drug-likeness (QED) is 0.800. The molecule has 1 aliphatic rings. The molecule has 1 rings (SSSR count). The maximum Gasteiger partial charge on any atom is 0.222 e. The van der Waals surface area contributed by atoms with Crippen LogP contribution in [0.3, 0.4) is 0 Å². The lowest BCUT2D eigenvalue weighted by atomic mass is 9.92. The van der Waals surface area contributed by atoms with Crippen LogP contribution in [0.15, 0.2) is 0 Å². The first-order chi connectivity index (χ1) is 9.04. The van der Waals surface area contributed by atoms with E-state index >= 15 is 0 Å². The second-order valence-corrected chi connectivity index (χ2v) is 5.41. The molecule has 1 aliphatic heterocycles. The number of likely N-dealkylation sites (tertiary alicyclic amines) is 1. The van der Waals surface area contributed by atoms with E-state index < -0.39 is 0 Å². The number of likely N-dealkylation sites (N-methyl/N-ethyl adjacent to an activating group) is 2. The minimum absolute atomic E-state index is 0. The van der Waals surface area contributed by atoms with Gasteiger partial charge in [0, 0.05) is 46.6 Å². The lowest BCUT2D eigenvalue weighted by molar-refractivity contribution is -0.132. The van der Waals surface area contributed by atoms with Gasteiger partial charge in [-0.15, -0.1) is 12.4 Å². The molecule has 1 saturated heterocycles. The zero-order chi connectivity index (χ0) is 14.3. The number of amides is 2. The lowest BCUT2D eigenvalue weighted by Crippen LogP contribution is -2.37. The van der Waals surface area contributed by atoms with Gasteiger partial charge in [0.05, 0.1) is 0 Å². The Morgan fingerprint density at radius 3 is 2.40 bits per heavy atom. The smallest absolute Gasteiger partial charge is 0.222 e. The van der Waals surface area contributed by atoms with Gasteiger partial charge in [0.2, 0.25) is 11.8 Å². The molecule has 1 fully saturated rings. The minimum atomic E-state index is 0. The predicted molar refractivity (Wildman–Crippen MR) is 83.0 cm³/mol. The molecule has 0 aliphatic carbocycles. The number of carbonyl (C=O) groups is 2. The Morgan fingerprint density at radius 1 is 1.30 bits per heavy atom. The summed E-state index contributed by atoms with van der Waals surface area (Å²) in [5.41, 5.74) is 0. The maximum atomic E-state index is 11.9. The molecule has 0 unspecified atom stereocenters. The van der Waals surface area contributed by atoms with Gasteiger partial charge in [0.25, 0.3) is 0 Å². The number of hydrogen-bond donors (Lipinski definition) is 1. The number of hydrogen-bond acceptors (Lipinski definition) is 3. The summed E-state index contributed by atoms with van der Waals surface area (Å²) in [7, 11) is 3.75. The summed E-state index contributed by atoms with van der Waals surface area (Å²) < 4.78 is 0. The molecule has 0 aromatic rings. The fraction of sp³-hybridized carbons (Fsp3) is 0.857. The summed E-state index contributed by atoms with van der Waals surface area (Å²) in [4.78, 5) is 26.8. The number of nitrogens with zero attached hydrogens (tertiary/aromatic N) is 2. The van der Waals surface area contributed by atoms with Crippen LogP contribution >= 0.6 is 12.4 Å². The van der Waals surface area contributed by atoms with Crippen molar-refractivity contribution in [2.45, 2.75) is 32.6 Å². The van der Waals surface area contributed by atoms with E-state index in [2.05, 4.69) is 5.32 Å². The van der Waals surface area contributed by atoms with Gasteiger partial charge in [-0.25, -0.2) is 0 Å². The molecule has 0 spiro atoms. The average Bonchev–Trinajstić information content (AvgIpc) is 2.42. The topological polar surface area (TPSA) is 52.7 Å². The minimum Gasteiger partial charge on any atom is -0.344 e. The van der Waals surface area contributed by atoms with Crippen molar-refractivity contribution in [3.8, 4) is 0 Å². The number of halogens is 1. The van der Waals surface area contributed by atoms with Crippen molar-refractivity contribution >= 4 is 24.2 Å². The van der Waals surface area contributed by atoms with E-state index in [0.717, 1.165) is 45.4 Å². The Labute approximate surface area is 128 Å². The van der Waals surface area contributed by atoms with E-state index in [1.807, 2.05) is 19.0 Å². The van der Waals surface area contributed by atoms with E-state index in [4.69, 9.17) is 0 Å². The highest BCUT2D eigenvalue weighted by Crippen LogP contribution is 2.22. The van der Waals surface area contributed by atoms with Crippen molar-refractivity contribution < 1.29 is 9.59 Å². The highest BCUT2D eigenvalue weighted by atomic mass is 35.5. The molecule has 5 nitrogen and oxygen atoms in total. The van der Waals surface area contributed by atoms with E-state index in [-0.39, 0.29) is 24.2 Å². The van der Waals surface area contributed by atoms with E-state index in [1.54, 1.807) is 11.8 Å². The van der Waals surface area contributed by atoms with Crippen LogP contribution in [-0.4, -0.2) is 61.9 Å². The number of carbonyl (C=O) groups excluding carboxylic acids is 2. The second-order valence-electron chi connectivity index (χ2n) is 5.41. The van der Waals surface area contributed by atoms with Gasteiger partial charge < -0.3 is 15.1 Å². The Balaban J connectivity index is 0.00000361. The van der Waals surface area contributed by atoms with Crippen LogP contribution in [0, 0.1) is 5.92 Å². The van der Waals surface area contributed by atoms with Crippen LogP contribution in [-0.2, 0) is 9.59 Å². The summed E-state index contributed by atoms with van der Waals surface area (Å²) in [6.07, 6.45) is 3.65. The summed E-state index contributed by atoms with van der Waals surface area (Å²) in [5, 5.41) is 3.04. The number of piperidine rings is 1. The molecule has 0 aromatic heterocycles. The molecule has 2 amide bonds. The third kappa shape index (κ3) is 6.57. The van der Waals surface area contributed by atoms with Crippen LogP contribution < -0.4 is 5.32 Å². The van der Waals surface area contributed by atoms with Crippen LogP contribution in [0.25, 0.3) is 0 Å². The summed E-state index contributed by atoms with van der Waals surface area (Å²) in [5.74, 6) is 0.989. The molecule has 0 bridgehead atoms. The van der Waals surface area contributed by atoms with Gasteiger partial charge in [-0.3, -0.25) is 9.59 Å². The molecule has 6 heteroatoms. The first-order valence-corrected chi connectivity index (χ1v) is 7.18. The molecule has 118 valence electrons. The maximum absolute atomic E-state index is 11.9. The van der Waals surface area contributed by atoms with Gasteiger partial charge in [0.15, 0.2) is 0 Å². The Bertz CT molecular complexity index is 305. The Morgan fingerprint density at radius 2 is 1.90 bits per heavy atom. The first kappa shape index (κ1) is 19.2. The van der Waals surface area contributed by atoms with Crippen molar-refractivity contribution in [3.63, 3.8) is 0 Å². The van der Waals surface area contributed by atoms with Crippen molar-refractivity contribution in [1.29, 1.82) is 0 Å². The molecular weight excluding hydrogens is 278 g/mol. The molecule has 0 saturated carbocycles. The highest BCUT2D eigenvalue weighted by Gasteiger charge is 2.21. The summed E-state index contributed by atoms with van der Waals surface area (Å²) >= 11 is 0. The molecule has 0 atom stereocenters. The third-order valence-electron chi connectivity index (χ3n) is 3.95. The SMILES string of the molecule is CNCCN(C)C(=O)CCC1CCN(C(C)=O)CC1.Cl. The molecule has 0 radical (unpaired) electrons. The molecule has 1 N–H and O–H groups in total. The van der Waals surface area contributed by atoms with Gasteiger partial charge in [0.1, 0.15) is 0 Å². The van der Waals surface area contributed by atoms with Gasteiger partial charge in [-0.1, -0.05) is 0 Å². The standard InChI is InChI=1S/C14H27N3O2.ClH/c1-12(18)17-9-6-13(7-10-17)4-5-14(19)16(3)11-8-15-2;/h13,15H,4-11H2,1-3H3;1H. The third-order valence-corrected chi connectivity index (χ3v) is 3.95. The normalized spacial score (nSPS) is 15.7. The number of rotatable bonds is 6. The van der Waals surface area contributed by atoms with Crippen molar-refractivity contribution in [2.75, 3.05) is 40.3 Å². The van der Waals surface area contributed by atoms with Crippen LogP contribution in [0.2, 0.25) is 0 Å². The summed E-state index contributed by atoms with van der Waals surface area (Å²) in [6, 6.07) is 0. The van der Waals surface area contributed by atoms with Crippen LogP contribution in [0.1, 0.15) is 32.6 Å². The Kier molecular flexibility index (Phi) is 9.59. The van der Waals surface area contributed by atoms with E-state index in [9.17, 15) is 9.59 Å². The molecular formula is C14H28ClN3O2. The van der Waals surface area contributed by atoms with E-state index in [1.165, 1.54) is 0 Å². The zero-order valence-corrected chi connectivity index (χ0v) is 13.7. The largest absolute Gasteiger partial charge is 0.344 e. The van der Waals surface area contributed by atoms with Gasteiger partial charge in [-0.05, 0) is 32.2 Å². The Hall–Kier alpha value is -0.810. The van der Waals surface area contributed by atoms with Crippen molar-refractivity contribution in [3.05, 3.63) is 0 Å². The zero-order valence-electron chi connectivity index (χ0n) is 12.9. The second kappa shape index (κ2) is 10.00. The number of nitrogens with one attached hydrogen (secondary N) is 1. The molecule has 20 heavy (non-hydrogen) atoms. The van der Waals surface area contributed by atoms with E-state index in [0.29, 0.717) is 12.3 Å². The fourth-order valence-electron chi connectivity index (χ4n) is 2.46. The fourth-order valence-corrected chi connectivity index (χ4v) is 2.46. The van der Waals surface area contributed by atoms with Crippen molar-refractivity contribution in [1.82, 2.24) is 15.1 Å². The first-order valence-electron chi connectivity index (χ1n) is 7.18. The van der Waals surface area contributed by atoms with Crippen LogP contribution in [0.4, 0.5) is 0 Å². The average molecular weight is 306 g/mol. The van der Waals surface area contributed by atoms with Gasteiger partial charge >= 0.3 is 0 Å². The molecule has 0 aromatic carbocycles. The van der Waals surface area contributed by atoms with Crippen LogP contribution in [0.5, 0.6) is 0 Å². The lowest BCUT2D eigenvalue weighted by Gasteiger charge is -2.31. The van der Waals surface area contributed by atoms with Crippen molar-refractivity contribution in [2.24, 2.45) is 5.92 Å². The molecule has 1 heterocycles. The predicted octanol–water partition coefficient (Wildman–Crippen LogP) is 1.12. The highest BCUT2D eigenvalue weighted by molar-refractivity contribution is 5.85. The monoisotopic (exact) mass is 305 g/mol. The van der Waals surface area contributed by atoms with Gasteiger partial charge in [-0.2, -0.15) is 0 Å². The summed E-state index contributed by atoms with van der Waals surface area (Å²) in [6.45, 7) is 4.92.